The third-order valence-electron chi connectivity index (χ3n) is 5.61. The molecule has 2 aliphatic heterocycles. The minimum Gasteiger partial charge on any atom is -0.497 e. The number of carbonyl (C=O) groups is 1. The zero-order valence-corrected chi connectivity index (χ0v) is 17.5. The molecule has 0 bridgehead atoms. The predicted molar refractivity (Wildman–Crippen MR) is 109 cm³/mol. The van der Waals surface area contributed by atoms with Gasteiger partial charge >= 0.3 is 0 Å². The Morgan fingerprint density at radius 3 is 2.46 bits per heavy atom. The van der Waals surface area contributed by atoms with E-state index in [9.17, 15) is 4.79 Å². The Morgan fingerprint density at radius 1 is 1.18 bits per heavy atom. The van der Waals surface area contributed by atoms with Crippen molar-refractivity contribution < 1.29 is 9.53 Å². The van der Waals surface area contributed by atoms with Crippen molar-refractivity contribution in [2.45, 2.75) is 36.7 Å². The van der Waals surface area contributed by atoms with Crippen molar-refractivity contribution in [2.24, 2.45) is 0 Å². The second-order valence-electron chi connectivity index (χ2n) is 7.14. The molecule has 28 heavy (non-hydrogen) atoms. The van der Waals surface area contributed by atoms with E-state index in [-0.39, 0.29) is 17.2 Å². The number of piperazine rings is 1. The Kier molecular flexibility index (Phi) is 5.70. The third kappa shape index (κ3) is 3.56. The molecule has 0 N–H and O–H groups in total. The lowest BCUT2D eigenvalue weighted by Crippen LogP contribution is -2.50. The highest BCUT2D eigenvalue weighted by Gasteiger charge is 2.43. The van der Waals surface area contributed by atoms with Crippen molar-refractivity contribution in [1.29, 1.82) is 0 Å². The fourth-order valence-corrected chi connectivity index (χ4v) is 5.20. The van der Waals surface area contributed by atoms with E-state index in [0.29, 0.717) is 0 Å². The van der Waals surface area contributed by atoms with Crippen molar-refractivity contribution in [3.8, 4) is 5.75 Å². The maximum absolute atomic E-state index is 13.2. The summed E-state index contributed by atoms with van der Waals surface area (Å²) in [6, 6.07) is 8.10. The van der Waals surface area contributed by atoms with E-state index < -0.39 is 0 Å². The first-order chi connectivity index (χ1) is 13.6. The van der Waals surface area contributed by atoms with Gasteiger partial charge in [-0.25, -0.2) is 4.98 Å². The van der Waals surface area contributed by atoms with Crippen molar-refractivity contribution in [3.63, 3.8) is 0 Å². The average Bonchev–Trinajstić information content (AvgIpc) is 3.28. The van der Waals surface area contributed by atoms with Gasteiger partial charge in [0.15, 0.2) is 11.0 Å². The summed E-state index contributed by atoms with van der Waals surface area (Å²) < 4.78 is 6.82. The monoisotopic (exact) mass is 401 g/mol. The van der Waals surface area contributed by atoms with Crippen LogP contribution in [0.1, 0.15) is 36.1 Å². The Labute approximate surface area is 170 Å². The quantitative estimate of drug-likeness (QED) is 0.736. The van der Waals surface area contributed by atoms with Crippen LogP contribution in [0, 0.1) is 0 Å². The van der Waals surface area contributed by atoms with Crippen LogP contribution < -0.4 is 4.74 Å². The predicted octanol–water partition coefficient (Wildman–Crippen LogP) is 2.34. The normalized spacial score (nSPS) is 21.7. The van der Waals surface area contributed by atoms with Crippen LogP contribution in [0.3, 0.4) is 0 Å². The molecule has 0 saturated carbocycles. The van der Waals surface area contributed by atoms with E-state index in [1.54, 1.807) is 18.9 Å². The molecule has 2 aliphatic rings. The zero-order valence-electron chi connectivity index (χ0n) is 16.7. The minimum absolute atomic E-state index is 0.00371. The van der Waals surface area contributed by atoms with Gasteiger partial charge in [0.25, 0.3) is 5.91 Å². The SMILES string of the molecule is CCc1nc2n(n1)C(=O)C(C(c1ccc(OC)cc1)N1CCN(CC)CC1)S2. The number of thioether (sulfide) groups is 1. The zero-order chi connectivity index (χ0) is 19.7. The van der Waals surface area contributed by atoms with Gasteiger partial charge in [0, 0.05) is 32.6 Å². The molecule has 0 amide bonds. The number of aryl methyl sites for hydroxylation is 1. The lowest BCUT2D eigenvalue weighted by Gasteiger charge is -2.40. The van der Waals surface area contributed by atoms with Crippen LogP contribution in [0.2, 0.25) is 0 Å². The summed E-state index contributed by atoms with van der Waals surface area (Å²) in [5.74, 6) is 1.59. The number of methoxy groups -OCH3 is 1. The molecule has 2 unspecified atom stereocenters. The second-order valence-corrected chi connectivity index (χ2v) is 8.25. The van der Waals surface area contributed by atoms with Gasteiger partial charge in [0.1, 0.15) is 11.0 Å². The maximum Gasteiger partial charge on any atom is 0.264 e. The molecule has 1 aromatic heterocycles. The molecule has 0 aliphatic carbocycles. The average molecular weight is 402 g/mol. The van der Waals surface area contributed by atoms with Crippen molar-refractivity contribution >= 4 is 17.7 Å². The Balaban J connectivity index is 1.63. The lowest BCUT2D eigenvalue weighted by atomic mass is 10.00. The van der Waals surface area contributed by atoms with Gasteiger partial charge in [0.05, 0.1) is 13.2 Å². The standard InChI is InChI=1S/C20H27N5O2S/c1-4-16-21-20-25(22-16)19(26)18(28-20)17(14-6-8-15(27-3)9-7-14)24-12-10-23(5-2)11-13-24/h6-9,17-18H,4-5,10-13H2,1-3H3. The summed E-state index contributed by atoms with van der Waals surface area (Å²) in [6.07, 6.45) is 0.736. The fraction of sp³-hybridized carbons (Fsp3) is 0.550. The van der Waals surface area contributed by atoms with E-state index >= 15 is 0 Å². The molecular weight excluding hydrogens is 374 g/mol. The first-order valence-corrected chi connectivity index (χ1v) is 10.8. The van der Waals surface area contributed by atoms with E-state index in [2.05, 4.69) is 38.9 Å². The highest BCUT2D eigenvalue weighted by molar-refractivity contribution is 8.00. The fourth-order valence-electron chi connectivity index (χ4n) is 3.93. The largest absolute Gasteiger partial charge is 0.497 e. The van der Waals surface area contributed by atoms with Gasteiger partial charge < -0.3 is 9.64 Å². The summed E-state index contributed by atoms with van der Waals surface area (Å²) in [7, 11) is 1.67. The molecular formula is C20H27N5O2S. The molecule has 1 saturated heterocycles. The van der Waals surface area contributed by atoms with Crippen molar-refractivity contribution in [2.75, 3.05) is 39.8 Å². The molecule has 2 atom stereocenters. The van der Waals surface area contributed by atoms with E-state index in [1.807, 2.05) is 19.1 Å². The maximum atomic E-state index is 13.2. The third-order valence-corrected chi connectivity index (χ3v) is 6.80. The van der Waals surface area contributed by atoms with Crippen molar-refractivity contribution in [1.82, 2.24) is 24.6 Å². The number of fused-ring (bicyclic) bond motifs is 1. The van der Waals surface area contributed by atoms with Crippen LogP contribution in [0.15, 0.2) is 29.4 Å². The Bertz CT molecular complexity index is 830. The second kappa shape index (κ2) is 8.23. The number of likely N-dealkylation sites (N-methyl/N-ethyl adjacent to an activating group) is 1. The topological polar surface area (TPSA) is 63.5 Å². The summed E-state index contributed by atoms with van der Waals surface area (Å²) in [5, 5.41) is 4.89. The summed E-state index contributed by atoms with van der Waals surface area (Å²) in [5.41, 5.74) is 1.14. The van der Waals surface area contributed by atoms with Crippen LogP contribution in [0.5, 0.6) is 5.75 Å². The molecule has 150 valence electrons. The van der Waals surface area contributed by atoms with Crippen LogP contribution in [0.4, 0.5) is 0 Å². The minimum atomic E-state index is -0.234. The van der Waals surface area contributed by atoms with Gasteiger partial charge in [-0.2, -0.15) is 4.68 Å². The molecule has 1 fully saturated rings. The van der Waals surface area contributed by atoms with Gasteiger partial charge in [0.2, 0.25) is 0 Å². The van der Waals surface area contributed by atoms with Gasteiger partial charge in [-0.15, -0.1) is 5.10 Å². The van der Waals surface area contributed by atoms with E-state index in [4.69, 9.17) is 4.74 Å². The van der Waals surface area contributed by atoms with Crippen LogP contribution in [-0.4, -0.2) is 75.6 Å². The molecule has 8 heteroatoms. The van der Waals surface area contributed by atoms with E-state index in [1.165, 1.54) is 4.68 Å². The Hall–Kier alpha value is -1.90. The molecule has 0 spiro atoms. The molecule has 0 radical (unpaired) electrons. The first-order valence-electron chi connectivity index (χ1n) is 9.91. The molecule has 2 aromatic rings. The molecule has 4 rings (SSSR count). The molecule has 1 aromatic carbocycles. The smallest absolute Gasteiger partial charge is 0.264 e. The summed E-state index contributed by atoms with van der Waals surface area (Å²) in [6.45, 7) is 9.22. The Morgan fingerprint density at radius 2 is 1.89 bits per heavy atom. The first kappa shape index (κ1) is 19.4. The number of benzene rings is 1. The summed E-state index contributed by atoms with van der Waals surface area (Å²) in [4.78, 5) is 22.6. The molecule has 7 nitrogen and oxygen atoms in total. The number of hydrogen-bond acceptors (Lipinski definition) is 7. The van der Waals surface area contributed by atoms with Gasteiger partial charge in [-0.3, -0.25) is 9.69 Å². The number of rotatable bonds is 6. The number of aromatic nitrogens is 3. The van der Waals surface area contributed by atoms with Gasteiger partial charge in [-0.05, 0) is 24.2 Å². The van der Waals surface area contributed by atoms with Crippen LogP contribution in [0.25, 0.3) is 0 Å². The number of hydrogen-bond donors (Lipinski definition) is 0. The van der Waals surface area contributed by atoms with Crippen LogP contribution >= 0.6 is 11.8 Å². The lowest BCUT2D eigenvalue weighted by molar-refractivity contribution is 0.0738. The summed E-state index contributed by atoms with van der Waals surface area (Å²) >= 11 is 1.55. The van der Waals surface area contributed by atoms with Gasteiger partial charge in [-0.1, -0.05) is 37.7 Å². The number of nitrogens with zero attached hydrogens (tertiary/aromatic N) is 5. The molecule has 3 heterocycles. The van der Waals surface area contributed by atoms with Crippen molar-refractivity contribution in [3.05, 3.63) is 35.7 Å². The number of carbonyl (C=O) groups excluding carboxylic acids is 1. The highest BCUT2D eigenvalue weighted by atomic mass is 32.2. The van der Waals surface area contributed by atoms with Crippen LogP contribution in [-0.2, 0) is 6.42 Å². The number of ether oxygens (including phenoxy) is 1. The van der Waals surface area contributed by atoms with E-state index in [0.717, 1.165) is 61.4 Å². The highest BCUT2D eigenvalue weighted by Crippen LogP contribution is 2.41.